The van der Waals surface area contributed by atoms with Crippen LogP contribution in [0.2, 0.25) is 0 Å². The number of nitriles is 1. The third-order valence-corrected chi connectivity index (χ3v) is 5.11. The Hall–Kier alpha value is -3.41. The summed E-state index contributed by atoms with van der Waals surface area (Å²) in [4.78, 5) is 27.7. The highest BCUT2D eigenvalue weighted by Gasteiger charge is 2.52. The van der Waals surface area contributed by atoms with E-state index in [0.717, 1.165) is 17.0 Å². The van der Waals surface area contributed by atoms with Crippen molar-refractivity contribution in [3.8, 4) is 6.07 Å². The molecule has 0 spiro atoms. The zero-order valence-electron chi connectivity index (χ0n) is 16.3. The Bertz CT molecular complexity index is 1090. The van der Waals surface area contributed by atoms with Gasteiger partial charge in [-0.25, -0.2) is 14.1 Å². The van der Waals surface area contributed by atoms with Gasteiger partial charge in [0.1, 0.15) is 11.4 Å². The summed E-state index contributed by atoms with van der Waals surface area (Å²) in [6, 6.07) is 7.84. The van der Waals surface area contributed by atoms with Crippen molar-refractivity contribution in [2.75, 3.05) is 4.90 Å². The van der Waals surface area contributed by atoms with Crippen molar-refractivity contribution < 1.29 is 27.2 Å². The number of nitrogens with zero attached hydrogens (tertiary/aromatic N) is 3. The average molecular weight is 419 g/mol. The Balaban J connectivity index is 2.04. The Morgan fingerprint density at radius 1 is 1.13 bits per heavy atom. The molecule has 0 unspecified atom stereocenters. The van der Waals surface area contributed by atoms with E-state index in [9.17, 15) is 27.2 Å². The van der Waals surface area contributed by atoms with Crippen LogP contribution in [0.1, 0.15) is 36.1 Å². The van der Waals surface area contributed by atoms with Crippen LogP contribution in [-0.4, -0.2) is 22.4 Å². The molecule has 0 bridgehead atoms. The van der Waals surface area contributed by atoms with E-state index >= 15 is 0 Å². The molecular weight excluding hydrogens is 402 g/mol. The Morgan fingerprint density at radius 2 is 1.80 bits per heavy atom. The minimum Gasteiger partial charge on any atom is -0.305 e. The van der Waals surface area contributed by atoms with Crippen LogP contribution in [0, 0.1) is 24.1 Å². The summed E-state index contributed by atoms with van der Waals surface area (Å²) in [6.07, 6.45) is -4.84. The van der Waals surface area contributed by atoms with E-state index in [0.29, 0.717) is 16.5 Å². The van der Waals surface area contributed by atoms with E-state index < -0.39 is 40.6 Å². The van der Waals surface area contributed by atoms with Crippen molar-refractivity contribution in [2.45, 2.75) is 39.0 Å². The van der Waals surface area contributed by atoms with Crippen LogP contribution in [0.4, 0.5) is 28.0 Å². The highest BCUT2D eigenvalue weighted by Crippen LogP contribution is 2.38. The van der Waals surface area contributed by atoms with Gasteiger partial charge in [0.2, 0.25) is 0 Å². The summed E-state index contributed by atoms with van der Waals surface area (Å²) < 4.78 is 54.3. The molecule has 0 aliphatic carbocycles. The third kappa shape index (κ3) is 3.38. The summed E-state index contributed by atoms with van der Waals surface area (Å²) in [6.45, 7) is 4.21. The normalized spacial score (nSPS) is 16.2. The summed E-state index contributed by atoms with van der Waals surface area (Å²) >= 11 is 0. The van der Waals surface area contributed by atoms with E-state index in [1.807, 2.05) is 0 Å². The first-order chi connectivity index (χ1) is 13.9. The third-order valence-electron chi connectivity index (χ3n) is 5.11. The van der Waals surface area contributed by atoms with E-state index in [1.54, 1.807) is 19.1 Å². The summed E-state index contributed by atoms with van der Waals surface area (Å²) in [5, 5.41) is 8.94. The average Bonchev–Trinajstić information content (AvgIpc) is 2.83. The lowest BCUT2D eigenvalue weighted by atomic mass is 10.0. The number of amides is 3. The number of imide groups is 1. The molecule has 3 amide bonds. The second-order valence-corrected chi connectivity index (χ2v) is 7.46. The number of aryl methyl sites for hydroxylation is 1. The van der Waals surface area contributed by atoms with Gasteiger partial charge < -0.3 is 4.90 Å². The minimum atomic E-state index is -4.84. The van der Waals surface area contributed by atoms with Gasteiger partial charge >= 0.3 is 12.2 Å². The summed E-state index contributed by atoms with van der Waals surface area (Å²) in [5.74, 6) is -1.27. The number of alkyl halides is 3. The summed E-state index contributed by atoms with van der Waals surface area (Å²) in [7, 11) is 0. The van der Waals surface area contributed by atoms with Gasteiger partial charge in [-0.15, -0.1) is 0 Å². The molecule has 2 aromatic rings. The lowest BCUT2D eigenvalue weighted by Gasteiger charge is -2.28. The molecule has 156 valence electrons. The molecule has 0 N–H and O–H groups in total. The number of urea groups is 1. The molecular formula is C21H17F4N3O2. The smallest absolute Gasteiger partial charge is 0.305 e. The molecule has 30 heavy (non-hydrogen) atoms. The number of carbonyl (C=O) groups is 2. The molecule has 3 rings (SSSR count). The second-order valence-electron chi connectivity index (χ2n) is 7.46. The van der Waals surface area contributed by atoms with Crippen molar-refractivity contribution >= 4 is 17.6 Å². The van der Waals surface area contributed by atoms with Gasteiger partial charge in [-0.1, -0.05) is 18.2 Å². The minimum absolute atomic E-state index is 0.182. The number of anilines is 1. The van der Waals surface area contributed by atoms with Crippen LogP contribution in [0.3, 0.4) is 0 Å². The van der Waals surface area contributed by atoms with Gasteiger partial charge in [0.05, 0.1) is 29.4 Å². The molecule has 0 saturated carbocycles. The fraction of sp³-hybridized carbons (Fsp3) is 0.286. The molecule has 1 fully saturated rings. The molecule has 1 aliphatic heterocycles. The van der Waals surface area contributed by atoms with E-state index in [-0.39, 0.29) is 17.8 Å². The van der Waals surface area contributed by atoms with E-state index in [4.69, 9.17) is 5.26 Å². The maximum Gasteiger partial charge on any atom is 0.417 e. The number of carbonyl (C=O) groups excluding carboxylic acids is 2. The first-order valence-corrected chi connectivity index (χ1v) is 8.91. The SMILES string of the molecule is Cc1cccc(CN2C(=O)N(c3ccc(C#N)c(C(F)(F)F)c3)C(=O)C2(C)C)c1F. The summed E-state index contributed by atoms with van der Waals surface area (Å²) in [5.41, 5.74) is -3.05. The van der Waals surface area contributed by atoms with Crippen molar-refractivity contribution in [3.05, 3.63) is 64.5 Å². The van der Waals surface area contributed by atoms with Crippen LogP contribution in [0.15, 0.2) is 36.4 Å². The van der Waals surface area contributed by atoms with Gasteiger partial charge in [-0.3, -0.25) is 4.79 Å². The van der Waals surface area contributed by atoms with Crippen LogP contribution < -0.4 is 4.90 Å². The standard InChI is InChI=1S/C21H17F4N3O2/c1-12-5-4-6-14(17(12)22)11-27-19(30)28(18(29)20(27,2)3)15-8-7-13(10-26)16(9-15)21(23,24)25/h4-9H,11H2,1-3H3. The monoisotopic (exact) mass is 419 g/mol. The predicted molar refractivity (Wildman–Crippen MR) is 99.8 cm³/mol. The van der Waals surface area contributed by atoms with Crippen molar-refractivity contribution in [1.82, 2.24) is 4.90 Å². The molecule has 1 heterocycles. The largest absolute Gasteiger partial charge is 0.417 e. The molecule has 1 aliphatic rings. The Labute approximate surface area is 170 Å². The zero-order valence-corrected chi connectivity index (χ0v) is 16.3. The molecule has 9 heteroatoms. The number of hydrogen-bond donors (Lipinski definition) is 0. The van der Waals surface area contributed by atoms with Gasteiger partial charge in [0.15, 0.2) is 0 Å². The Morgan fingerprint density at radius 3 is 2.40 bits per heavy atom. The van der Waals surface area contributed by atoms with Crippen LogP contribution in [-0.2, 0) is 17.5 Å². The lowest BCUT2D eigenvalue weighted by Crippen LogP contribution is -2.43. The van der Waals surface area contributed by atoms with Gasteiger partial charge in [0, 0.05) is 5.56 Å². The second kappa shape index (κ2) is 7.13. The molecule has 0 aromatic heterocycles. The first-order valence-electron chi connectivity index (χ1n) is 8.91. The van der Waals surface area contributed by atoms with Crippen LogP contribution in [0.5, 0.6) is 0 Å². The lowest BCUT2D eigenvalue weighted by molar-refractivity contribution is -0.137. The highest BCUT2D eigenvalue weighted by atomic mass is 19.4. The maximum atomic E-state index is 14.4. The number of halogens is 4. The van der Waals surface area contributed by atoms with E-state index in [2.05, 4.69) is 0 Å². The van der Waals surface area contributed by atoms with Gasteiger partial charge in [-0.05, 0) is 44.5 Å². The molecule has 0 atom stereocenters. The van der Waals surface area contributed by atoms with Gasteiger partial charge in [0.25, 0.3) is 5.91 Å². The Kier molecular flexibility index (Phi) is 5.06. The zero-order chi connectivity index (χ0) is 22.4. The van der Waals surface area contributed by atoms with Crippen molar-refractivity contribution in [1.29, 1.82) is 5.26 Å². The first kappa shape index (κ1) is 21.3. The van der Waals surface area contributed by atoms with Crippen LogP contribution >= 0.6 is 0 Å². The van der Waals surface area contributed by atoms with Crippen molar-refractivity contribution in [2.24, 2.45) is 0 Å². The quantitative estimate of drug-likeness (QED) is 0.532. The van der Waals surface area contributed by atoms with Gasteiger partial charge in [-0.2, -0.15) is 18.4 Å². The maximum absolute atomic E-state index is 14.4. The fourth-order valence-corrected chi connectivity index (χ4v) is 3.33. The number of rotatable bonds is 3. The number of benzene rings is 2. The molecule has 0 radical (unpaired) electrons. The fourth-order valence-electron chi connectivity index (χ4n) is 3.33. The van der Waals surface area contributed by atoms with E-state index in [1.165, 1.54) is 26.0 Å². The molecule has 5 nitrogen and oxygen atoms in total. The topological polar surface area (TPSA) is 64.4 Å². The molecule has 1 saturated heterocycles. The molecule has 2 aromatic carbocycles. The van der Waals surface area contributed by atoms with Crippen molar-refractivity contribution in [3.63, 3.8) is 0 Å². The highest BCUT2D eigenvalue weighted by molar-refractivity contribution is 6.23. The number of hydrogen-bond acceptors (Lipinski definition) is 3. The predicted octanol–water partition coefficient (Wildman–Crippen LogP) is 4.77. The van der Waals surface area contributed by atoms with Crippen LogP contribution in [0.25, 0.3) is 0 Å².